The molecular weight excluding hydrogens is 268 g/mol. The monoisotopic (exact) mass is 286 g/mol. The molecule has 4 nitrogen and oxygen atoms in total. The highest BCUT2D eigenvalue weighted by Gasteiger charge is 2.05. The van der Waals surface area contributed by atoms with Crippen LogP contribution in [-0.4, -0.2) is 24.3 Å². The first-order valence-electron chi connectivity index (χ1n) is 6.79. The van der Waals surface area contributed by atoms with Crippen LogP contribution in [0, 0.1) is 0 Å². The lowest BCUT2D eigenvalue weighted by atomic mass is 10.1. The lowest BCUT2D eigenvalue weighted by molar-refractivity contribution is 0.0439. The molecule has 2 aromatic rings. The van der Waals surface area contributed by atoms with Gasteiger partial charge in [0.2, 0.25) is 0 Å². The standard InChI is InChI=1S/C17H18O4/c1-13(14-5-3-2-4-6-14)20-11-12-21-16-9-7-15(8-10-16)17(18)19/h2-10,13H,11-12H2,1H3,(H,18,19). The molecule has 0 aromatic heterocycles. The van der Waals surface area contributed by atoms with Crippen LogP contribution in [0.4, 0.5) is 0 Å². The normalized spacial score (nSPS) is 11.9. The Morgan fingerprint density at radius 2 is 1.71 bits per heavy atom. The van der Waals surface area contributed by atoms with Crippen molar-refractivity contribution in [1.29, 1.82) is 0 Å². The summed E-state index contributed by atoms with van der Waals surface area (Å²) in [6.07, 6.45) is 0.0178. The van der Waals surface area contributed by atoms with E-state index in [4.69, 9.17) is 14.6 Å². The molecule has 1 atom stereocenters. The van der Waals surface area contributed by atoms with E-state index in [2.05, 4.69) is 0 Å². The van der Waals surface area contributed by atoms with E-state index in [0.717, 1.165) is 5.56 Å². The fourth-order valence-electron chi connectivity index (χ4n) is 1.90. The number of benzene rings is 2. The molecule has 0 heterocycles. The Bertz CT molecular complexity index is 563. The van der Waals surface area contributed by atoms with Crippen LogP contribution in [-0.2, 0) is 4.74 Å². The number of rotatable bonds is 7. The molecule has 0 amide bonds. The Morgan fingerprint density at radius 1 is 1.05 bits per heavy atom. The van der Waals surface area contributed by atoms with Crippen molar-refractivity contribution < 1.29 is 19.4 Å². The van der Waals surface area contributed by atoms with Gasteiger partial charge in [-0.3, -0.25) is 0 Å². The number of carboxylic acid groups (broad SMARTS) is 1. The SMILES string of the molecule is CC(OCCOc1ccc(C(=O)O)cc1)c1ccccc1. The van der Waals surface area contributed by atoms with Crippen LogP contribution < -0.4 is 4.74 Å². The first kappa shape index (κ1) is 15.1. The second kappa shape index (κ2) is 7.45. The second-order valence-corrected chi connectivity index (χ2v) is 4.60. The average molecular weight is 286 g/mol. The van der Waals surface area contributed by atoms with Crippen molar-refractivity contribution in [1.82, 2.24) is 0 Å². The van der Waals surface area contributed by atoms with Gasteiger partial charge in [0.1, 0.15) is 12.4 Å². The lowest BCUT2D eigenvalue weighted by Gasteiger charge is -2.13. The molecule has 21 heavy (non-hydrogen) atoms. The van der Waals surface area contributed by atoms with Gasteiger partial charge in [-0.1, -0.05) is 30.3 Å². The third kappa shape index (κ3) is 4.61. The summed E-state index contributed by atoms with van der Waals surface area (Å²) < 4.78 is 11.2. The summed E-state index contributed by atoms with van der Waals surface area (Å²) >= 11 is 0. The van der Waals surface area contributed by atoms with E-state index in [9.17, 15) is 4.79 Å². The predicted octanol–water partition coefficient (Wildman–Crippen LogP) is 3.54. The third-order valence-electron chi connectivity index (χ3n) is 3.09. The zero-order valence-electron chi connectivity index (χ0n) is 11.9. The molecule has 0 saturated heterocycles. The summed E-state index contributed by atoms with van der Waals surface area (Å²) in [5, 5.41) is 8.80. The highest BCUT2D eigenvalue weighted by atomic mass is 16.5. The first-order valence-corrected chi connectivity index (χ1v) is 6.79. The highest BCUT2D eigenvalue weighted by Crippen LogP contribution is 2.16. The maximum Gasteiger partial charge on any atom is 0.335 e. The van der Waals surface area contributed by atoms with E-state index < -0.39 is 5.97 Å². The number of carbonyl (C=O) groups is 1. The topological polar surface area (TPSA) is 55.8 Å². The van der Waals surface area contributed by atoms with Gasteiger partial charge in [-0.2, -0.15) is 0 Å². The molecule has 0 spiro atoms. The number of hydrogen-bond acceptors (Lipinski definition) is 3. The fraction of sp³-hybridized carbons (Fsp3) is 0.235. The third-order valence-corrected chi connectivity index (χ3v) is 3.09. The minimum atomic E-state index is -0.943. The maximum atomic E-state index is 10.7. The molecule has 1 unspecified atom stereocenters. The molecule has 0 aliphatic carbocycles. The van der Waals surface area contributed by atoms with Crippen molar-refractivity contribution in [2.24, 2.45) is 0 Å². The molecule has 2 aromatic carbocycles. The van der Waals surface area contributed by atoms with Gasteiger partial charge in [0.15, 0.2) is 0 Å². The van der Waals surface area contributed by atoms with Crippen LogP contribution in [0.3, 0.4) is 0 Å². The molecule has 0 radical (unpaired) electrons. The zero-order valence-corrected chi connectivity index (χ0v) is 11.9. The fourth-order valence-corrected chi connectivity index (χ4v) is 1.90. The number of carboxylic acids is 1. The van der Waals surface area contributed by atoms with Crippen LogP contribution in [0.1, 0.15) is 28.9 Å². The minimum absolute atomic E-state index is 0.0178. The van der Waals surface area contributed by atoms with Gasteiger partial charge in [0.25, 0.3) is 0 Å². The van der Waals surface area contributed by atoms with Crippen molar-refractivity contribution in [2.75, 3.05) is 13.2 Å². The summed E-state index contributed by atoms with van der Waals surface area (Å²) in [5.41, 5.74) is 1.37. The van der Waals surface area contributed by atoms with E-state index in [1.807, 2.05) is 37.3 Å². The van der Waals surface area contributed by atoms with Crippen LogP contribution in [0.25, 0.3) is 0 Å². The van der Waals surface area contributed by atoms with Gasteiger partial charge in [0.05, 0.1) is 18.3 Å². The van der Waals surface area contributed by atoms with Crippen molar-refractivity contribution >= 4 is 5.97 Å². The van der Waals surface area contributed by atoms with E-state index in [0.29, 0.717) is 19.0 Å². The Labute approximate surface area is 123 Å². The highest BCUT2D eigenvalue weighted by molar-refractivity contribution is 5.87. The van der Waals surface area contributed by atoms with E-state index >= 15 is 0 Å². The molecule has 1 N–H and O–H groups in total. The maximum absolute atomic E-state index is 10.7. The average Bonchev–Trinajstić information content (AvgIpc) is 2.52. The summed E-state index contributed by atoms with van der Waals surface area (Å²) in [4.78, 5) is 10.7. The van der Waals surface area contributed by atoms with E-state index in [1.54, 1.807) is 12.1 Å². The summed E-state index contributed by atoms with van der Waals surface area (Å²) in [6.45, 7) is 2.89. The van der Waals surface area contributed by atoms with Crippen molar-refractivity contribution in [3.63, 3.8) is 0 Å². The molecule has 0 aliphatic rings. The molecule has 4 heteroatoms. The van der Waals surface area contributed by atoms with Crippen molar-refractivity contribution in [2.45, 2.75) is 13.0 Å². The smallest absolute Gasteiger partial charge is 0.335 e. The minimum Gasteiger partial charge on any atom is -0.491 e. The summed E-state index contributed by atoms with van der Waals surface area (Å²) in [6, 6.07) is 16.3. The molecular formula is C17H18O4. The largest absolute Gasteiger partial charge is 0.491 e. The molecule has 0 bridgehead atoms. The Kier molecular flexibility index (Phi) is 5.35. The molecule has 0 aliphatic heterocycles. The van der Waals surface area contributed by atoms with Gasteiger partial charge in [-0.25, -0.2) is 4.79 Å². The van der Waals surface area contributed by atoms with Gasteiger partial charge >= 0.3 is 5.97 Å². The van der Waals surface area contributed by atoms with Crippen molar-refractivity contribution in [3.8, 4) is 5.75 Å². The first-order chi connectivity index (χ1) is 10.2. The van der Waals surface area contributed by atoms with E-state index in [-0.39, 0.29) is 11.7 Å². The molecule has 110 valence electrons. The van der Waals surface area contributed by atoms with Crippen LogP contribution in [0.15, 0.2) is 54.6 Å². The van der Waals surface area contributed by atoms with Crippen LogP contribution in [0.5, 0.6) is 5.75 Å². The van der Waals surface area contributed by atoms with Gasteiger partial charge in [-0.05, 0) is 36.8 Å². The summed E-state index contributed by atoms with van der Waals surface area (Å²) in [7, 11) is 0. The quantitative estimate of drug-likeness (QED) is 0.791. The number of hydrogen-bond donors (Lipinski definition) is 1. The van der Waals surface area contributed by atoms with Gasteiger partial charge < -0.3 is 14.6 Å². The van der Waals surface area contributed by atoms with Crippen LogP contribution in [0.2, 0.25) is 0 Å². The van der Waals surface area contributed by atoms with Crippen LogP contribution >= 0.6 is 0 Å². The lowest BCUT2D eigenvalue weighted by Crippen LogP contribution is -2.09. The van der Waals surface area contributed by atoms with E-state index in [1.165, 1.54) is 12.1 Å². The zero-order chi connectivity index (χ0) is 15.1. The number of ether oxygens (including phenoxy) is 2. The molecule has 0 saturated carbocycles. The predicted molar refractivity (Wildman–Crippen MR) is 79.7 cm³/mol. The van der Waals surface area contributed by atoms with Gasteiger partial charge in [-0.15, -0.1) is 0 Å². The van der Waals surface area contributed by atoms with Gasteiger partial charge in [0, 0.05) is 0 Å². The Balaban J connectivity index is 1.73. The summed E-state index contributed by atoms with van der Waals surface area (Å²) in [5.74, 6) is -0.308. The van der Waals surface area contributed by atoms with Crippen molar-refractivity contribution in [3.05, 3.63) is 65.7 Å². The molecule has 0 fully saturated rings. The number of aromatic carboxylic acids is 1. The second-order valence-electron chi connectivity index (χ2n) is 4.60. The molecule has 2 rings (SSSR count). The Morgan fingerprint density at radius 3 is 2.33 bits per heavy atom. The Hall–Kier alpha value is -2.33.